The van der Waals surface area contributed by atoms with Crippen LogP contribution in [-0.4, -0.2) is 62.7 Å². The monoisotopic (exact) mass is 466 g/mol. The lowest BCUT2D eigenvalue weighted by Crippen LogP contribution is -2.47. The molecule has 6 nitrogen and oxygen atoms in total. The molecule has 1 aliphatic heterocycles. The van der Waals surface area contributed by atoms with Crippen molar-refractivity contribution < 1.29 is 9.53 Å². The van der Waals surface area contributed by atoms with Gasteiger partial charge < -0.3 is 20.3 Å². The minimum absolute atomic E-state index is 0. The van der Waals surface area contributed by atoms with Gasteiger partial charge in [0.2, 0.25) is 5.91 Å². The fraction of sp³-hybridized carbons (Fsp3) is 0.889. The molecule has 1 saturated carbocycles. The molecule has 25 heavy (non-hydrogen) atoms. The lowest BCUT2D eigenvalue weighted by atomic mass is 9.84. The first-order chi connectivity index (χ1) is 11.6. The molecule has 1 heterocycles. The number of hydrogen-bond donors (Lipinski definition) is 2. The Bertz CT molecular complexity index is 425. The summed E-state index contributed by atoms with van der Waals surface area (Å²) in [5, 5.41) is 6.93. The lowest BCUT2D eigenvalue weighted by molar-refractivity contribution is -0.127. The quantitative estimate of drug-likeness (QED) is 0.359. The van der Waals surface area contributed by atoms with Crippen LogP contribution in [0.1, 0.15) is 51.9 Å². The van der Waals surface area contributed by atoms with Crippen LogP contribution < -0.4 is 10.6 Å². The number of ether oxygens (including phenoxy) is 1. The molecule has 7 heteroatoms. The summed E-state index contributed by atoms with van der Waals surface area (Å²) in [6.45, 7) is 4.06. The van der Waals surface area contributed by atoms with Gasteiger partial charge in [0.25, 0.3) is 0 Å². The van der Waals surface area contributed by atoms with Gasteiger partial charge in [-0.3, -0.25) is 4.79 Å². The van der Waals surface area contributed by atoms with Gasteiger partial charge in [-0.25, -0.2) is 4.99 Å². The number of guanidine groups is 1. The van der Waals surface area contributed by atoms with Crippen LogP contribution in [0.15, 0.2) is 4.99 Å². The Morgan fingerprint density at radius 3 is 2.68 bits per heavy atom. The van der Waals surface area contributed by atoms with Crippen LogP contribution in [-0.2, 0) is 9.53 Å². The van der Waals surface area contributed by atoms with E-state index in [1.165, 1.54) is 32.1 Å². The maximum atomic E-state index is 11.8. The molecule has 1 aliphatic carbocycles. The Labute approximate surface area is 169 Å². The van der Waals surface area contributed by atoms with Crippen LogP contribution in [0.4, 0.5) is 0 Å². The van der Waals surface area contributed by atoms with E-state index >= 15 is 0 Å². The molecule has 0 aromatic heterocycles. The number of carbonyl (C=O) groups is 1. The second kappa shape index (κ2) is 11.9. The molecule has 0 aromatic carbocycles. The molecule has 3 atom stereocenters. The zero-order valence-corrected chi connectivity index (χ0v) is 18.3. The molecular weight excluding hydrogens is 431 g/mol. The van der Waals surface area contributed by atoms with Gasteiger partial charge in [-0.05, 0) is 31.6 Å². The highest BCUT2D eigenvalue weighted by Gasteiger charge is 2.22. The molecule has 0 spiro atoms. The molecule has 0 aromatic rings. The summed E-state index contributed by atoms with van der Waals surface area (Å²) < 4.78 is 5.67. The van der Waals surface area contributed by atoms with Crippen LogP contribution in [0.2, 0.25) is 0 Å². The summed E-state index contributed by atoms with van der Waals surface area (Å²) in [7, 11) is 3.52. The molecule has 2 aliphatic rings. The normalized spacial score (nSPS) is 26.7. The van der Waals surface area contributed by atoms with Crippen molar-refractivity contribution in [1.82, 2.24) is 15.5 Å². The average Bonchev–Trinajstić information content (AvgIpc) is 3.10. The average molecular weight is 466 g/mol. The fourth-order valence-electron chi connectivity index (χ4n) is 3.44. The first-order valence-corrected chi connectivity index (χ1v) is 9.45. The molecule has 3 unspecified atom stereocenters. The third-order valence-corrected chi connectivity index (χ3v) is 5.09. The van der Waals surface area contributed by atoms with Crippen LogP contribution in [0.25, 0.3) is 0 Å². The summed E-state index contributed by atoms with van der Waals surface area (Å²) in [4.78, 5) is 17.9. The summed E-state index contributed by atoms with van der Waals surface area (Å²) in [6, 6.07) is 0.453. The van der Waals surface area contributed by atoms with Crippen LogP contribution in [0, 0.1) is 5.92 Å². The second-order valence-corrected chi connectivity index (χ2v) is 7.25. The summed E-state index contributed by atoms with van der Waals surface area (Å²) in [5.41, 5.74) is 0. The summed E-state index contributed by atoms with van der Waals surface area (Å²) in [5.74, 6) is 1.57. The van der Waals surface area contributed by atoms with E-state index < -0.39 is 0 Å². The van der Waals surface area contributed by atoms with Gasteiger partial charge in [-0.2, -0.15) is 0 Å². The van der Waals surface area contributed by atoms with Gasteiger partial charge in [0, 0.05) is 33.3 Å². The van der Waals surface area contributed by atoms with E-state index in [0.29, 0.717) is 6.04 Å². The Balaban J connectivity index is 0.00000312. The van der Waals surface area contributed by atoms with E-state index in [4.69, 9.17) is 4.74 Å². The number of aliphatic imine (C=N–C) groups is 1. The Morgan fingerprint density at radius 2 is 2.04 bits per heavy atom. The van der Waals surface area contributed by atoms with Crippen molar-refractivity contribution in [3.05, 3.63) is 0 Å². The van der Waals surface area contributed by atoms with Gasteiger partial charge in [0.15, 0.2) is 5.96 Å². The van der Waals surface area contributed by atoms with Crippen molar-refractivity contribution in [2.24, 2.45) is 10.9 Å². The number of halogens is 1. The zero-order valence-electron chi connectivity index (χ0n) is 15.9. The number of nitrogens with zero attached hydrogens (tertiary/aromatic N) is 2. The van der Waals surface area contributed by atoms with Crippen molar-refractivity contribution in [3.8, 4) is 0 Å². The minimum Gasteiger partial charge on any atom is -0.376 e. The molecule has 2 fully saturated rings. The zero-order chi connectivity index (χ0) is 17.4. The van der Waals surface area contributed by atoms with E-state index in [2.05, 4.69) is 22.5 Å². The van der Waals surface area contributed by atoms with Crippen molar-refractivity contribution in [3.63, 3.8) is 0 Å². The van der Waals surface area contributed by atoms with Crippen molar-refractivity contribution in [2.75, 3.05) is 33.8 Å². The Hall–Kier alpha value is -0.570. The van der Waals surface area contributed by atoms with Crippen molar-refractivity contribution in [2.45, 2.75) is 64.0 Å². The van der Waals surface area contributed by atoms with E-state index in [1.807, 2.05) is 0 Å². The van der Waals surface area contributed by atoms with E-state index in [0.717, 1.165) is 37.9 Å². The molecule has 1 amide bonds. The molecule has 2 N–H and O–H groups in total. The number of likely N-dealkylation sites (N-methyl/N-ethyl adjacent to an activating group) is 1. The van der Waals surface area contributed by atoms with Crippen molar-refractivity contribution in [1.29, 1.82) is 0 Å². The predicted molar refractivity (Wildman–Crippen MR) is 113 cm³/mol. The van der Waals surface area contributed by atoms with Gasteiger partial charge in [0.1, 0.15) is 6.54 Å². The first-order valence-electron chi connectivity index (χ1n) is 9.45. The van der Waals surface area contributed by atoms with Crippen molar-refractivity contribution >= 4 is 35.8 Å². The van der Waals surface area contributed by atoms with Crippen LogP contribution in [0.5, 0.6) is 0 Å². The second-order valence-electron chi connectivity index (χ2n) is 7.25. The third-order valence-electron chi connectivity index (χ3n) is 5.09. The summed E-state index contributed by atoms with van der Waals surface area (Å²) in [6.07, 6.45) is 8.71. The standard InChI is InChI=1S/C18H34N4O2.HI/c1-4-14-7-5-8-15(11-14)21-18(20-13-17(23)22(2)3)19-12-16-9-6-10-24-16;/h14-16H,4-13H2,1-3H3,(H2,19,20,21);1H. The third kappa shape index (κ3) is 8.11. The number of hydrogen-bond acceptors (Lipinski definition) is 3. The highest BCUT2D eigenvalue weighted by Crippen LogP contribution is 2.26. The minimum atomic E-state index is 0. The smallest absolute Gasteiger partial charge is 0.243 e. The number of amides is 1. The van der Waals surface area contributed by atoms with Gasteiger partial charge in [0.05, 0.1) is 6.10 Å². The fourth-order valence-corrected chi connectivity index (χ4v) is 3.44. The van der Waals surface area contributed by atoms with Gasteiger partial charge in [-0.1, -0.05) is 26.2 Å². The lowest BCUT2D eigenvalue weighted by Gasteiger charge is -2.30. The number of nitrogens with one attached hydrogen (secondary N) is 2. The molecular formula is C18H35IN4O2. The molecule has 2 rings (SSSR count). The molecule has 146 valence electrons. The Morgan fingerprint density at radius 1 is 1.24 bits per heavy atom. The topological polar surface area (TPSA) is 66.0 Å². The highest BCUT2D eigenvalue weighted by molar-refractivity contribution is 14.0. The molecule has 1 saturated heterocycles. The largest absolute Gasteiger partial charge is 0.376 e. The van der Waals surface area contributed by atoms with Crippen LogP contribution >= 0.6 is 24.0 Å². The SMILES string of the molecule is CCC1CCCC(NC(=NCC(=O)N(C)C)NCC2CCCO2)C1.I. The number of rotatable bonds is 6. The van der Waals surface area contributed by atoms with Gasteiger partial charge in [-0.15, -0.1) is 24.0 Å². The first kappa shape index (κ1) is 22.5. The van der Waals surface area contributed by atoms with Crippen LogP contribution in [0.3, 0.4) is 0 Å². The van der Waals surface area contributed by atoms with E-state index in [9.17, 15) is 4.79 Å². The Kier molecular flexibility index (Phi) is 10.7. The number of carbonyl (C=O) groups excluding carboxylic acids is 1. The van der Waals surface area contributed by atoms with E-state index in [-0.39, 0.29) is 42.5 Å². The molecule has 0 radical (unpaired) electrons. The maximum Gasteiger partial charge on any atom is 0.243 e. The molecule has 0 bridgehead atoms. The summed E-state index contributed by atoms with van der Waals surface area (Å²) >= 11 is 0. The van der Waals surface area contributed by atoms with E-state index in [1.54, 1.807) is 19.0 Å². The van der Waals surface area contributed by atoms with Gasteiger partial charge >= 0.3 is 0 Å². The highest BCUT2D eigenvalue weighted by atomic mass is 127. The predicted octanol–water partition coefficient (Wildman–Crippen LogP) is 2.38. The maximum absolute atomic E-state index is 11.8.